The van der Waals surface area contributed by atoms with Crippen molar-refractivity contribution in [3.63, 3.8) is 0 Å². The fraction of sp³-hybridized carbons (Fsp3) is 0.526. The van der Waals surface area contributed by atoms with Crippen LogP contribution < -0.4 is 9.80 Å². The van der Waals surface area contributed by atoms with Crippen LogP contribution in [-0.2, 0) is 11.3 Å². The summed E-state index contributed by atoms with van der Waals surface area (Å²) in [5, 5.41) is 0. The zero-order chi connectivity index (χ0) is 18.6. The van der Waals surface area contributed by atoms with Crippen molar-refractivity contribution in [2.45, 2.75) is 13.5 Å². The topological polar surface area (TPSA) is 57.6 Å². The third-order valence-electron chi connectivity index (χ3n) is 5.01. The van der Waals surface area contributed by atoms with Gasteiger partial charge in [-0.25, -0.2) is 14.4 Å². The number of pyridine rings is 1. The number of morpholine rings is 1. The van der Waals surface area contributed by atoms with Crippen molar-refractivity contribution in [2.75, 3.05) is 62.3 Å². The molecule has 144 valence electrons. The quantitative estimate of drug-likeness (QED) is 0.806. The number of halogens is 1. The minimum absolute atomic E-state index is 0.279. The average molecular weight is 372 g/mol. The van der Waals surface area contributed by atoms with Crippen LogP contribution in [0.4, 0.5) is 16.0 Å². The van der Waals surface area contributed by atoms with E-state index in [2.05, 4.69) is 35.7 Å². The smallest absolute Gasteiger partial charge is 0.141 e. The van der Waals surface area contributed by atoms with Gasteiger partial charge in [-0.3, -0.25) is 9.88 Å². The van der Waals surface area contributed by atoms with Crippen molar-refractivity contribution in [3.8, 4) is 0 Å². The number of aromatic nitrogens is 3. The first-order valence-electron chi connectivity index (χ1n) is 9.42. The molecule has 4 heterocycles. The summed E-state index contributed by atoms with van der Waals surface area (Å²) < 4.78 is 18.8. The van der Waals surface area contributed by atoms with E-state index in [4.69, 9.17) is 4.74 Å². The standard InChI is InChI=1S/C19H25FN6O/c1-15-22-18(11-19(23-15)26-6-8-27-9-7-26)25-4-2-24(3-5-25)14-16-10-17(20)13-21-12-16/h10-13H,2-9,14H2,1H3. The molecule has 2 aromatic heterocycles. The van der Waals surface area contributed by atoms with Gasteiger partial charge < -0.3 is 14.5 Å². The van der Waals surface area contributed by atoms with Crippen LogP contribution >= 0.6 is 0 Å². The number of hydrogen-bond acceptors (Lipinski definition) is 7. The lowest BCUT2D eigenvalue weighted by Gasteiger charge is -2.36. The molecule has 0 N–H and O–H groups in total. The third-order valence-corrected chi connectivity index (χ3v) is 5.01. The number of piperazine rings is 1. The molecule has 2 fully saturated rings. The maximum atomic E-state index is 13.3. The molecule has 0 atom stereocenters. The van der Waals surface area contributed by atoms with Crippen molar-refractivity contribution >= 4 is 11.6 Å². The second-order valence-corrected chi connectivity index (χ2v) is 7.01. The molecule has 2 aliphatic rings. The molecule has 7 nitrogen and oxygen atoms in total. The van der Waals surface area contributed by atoms with Gasteiger partial charge in [0, 0.05) is 58.1 Å². The van der Waals surface area contributed by atoms with Gasteiger partial charge in [0.2, 0.25) is 0 Å². The van der Waals surface area contributed by atoms with Crippen molar-refractivity contribution in [1.29, 1.82) is 0 Å². The number of ether oxygens (including phenoxy) is 1. The largest absolute Gasteiger partial charge is 0.378 e. The first kappa shape index (κ1) is 18.1. The van der Waals surface area contributed by atoms with E-state index in [1.807, 2.05) is 6.92 Å². The Kier molecular flexibility index (Phi) is 5.45. The van der Waals surface area contributed by atoms with E-state index in [1.54, 1.807) is 12.3 Å². The highest BCUT2D eigenvalue weighted by Gasteiger charge is 2.21. The van der Waals surface area contributed by atoms with E-state index in [0.29, 0.717) is 0 Å². The lowest BCUT2D eigenvalue weighted by atomic mass is 10.2. The number of aryl methyl sites for hydroxylation is 1. The number of anilines is 2. The number of rotatable bonds is 4. The summed E-state index contributed by atoms with van der Waals surface area (Å²) >= 11 is 0. The van der Waals surface area contributed by atoms with Crippen molar-refractivity contribution < 1.29 is 9.13 Å². The first-order valence-corrected chi connectivity index (χ1v) is 9.42. The Balaban J connectivity index is 1.39. The van der Waals surface area contributed by atoms with Gasteiger partial charge in [0.25, 0.3) is 0 Å². The summed E-state index contributed by atoms with van der Waals surface area (Å²) in [5.41, 5.74) is 0.913. The zero-order valence-electron chi connectivity index (χ0n) is 15.6. The lowest BCUT2D eigenvalue weighted by molar-refractivity contribution is 0.122. The Morgan fingerprint density at radius 1 is 0.926 bits per heavy atom. The van der Waals surface area contributed by atoms with Gasteiger partial charge in [0.05, 0.1) is 19.4 Å². The summed E-state index contributed by atoms with van der Waals surface area (Å²) in [5.74, 6) is 2.48. The SMILES string of the molecule is Cc1nc(N2CCOCC2)cc(N2CCN(Cc3cncc(F)c3)CC2)n1. The minimum atomic E-state index is -0.279. The fourth-order valence-electron chi connectivity index (χ4n) is 3.59. The molecule has 8 heteroatoms. The van der Waals surface area contributed by atoms with E-state index < -0.39 is 0 Å². The second kappa shape index (κ2) is 8.14. The van der Waals surface area contributed by atoms with Gasteiger partial charge >= 0.3 is 0 Å². The van der Waals surface area contributed by atoms with Crippen molar-refractivity contribution in [2.24, 2.45) is 0 Å². The van der Waals surface area contributed by atoms with Crippen LogP contribution in [0.3, 0.4) is 0 Å². The molecule has 0 bridgehead atoms. The molecular weight excluding hydrogens is 347 g/mol. The average Bonchev–Trinajstić information content (AvgIpc) is 2.69. The normalized spacial score (nSPS) is 18.7. The van der Waals surface area contributed by atoms with Crippen LogP contribution in [0.2, 0.25) is 0 Å². The van der Waals surface area contributed by atoms with E-state index in [-0.39, 0.29) is 5.82 Å². The molecule has 2 aromatic rings. The summed E-state index contributed by atoms with van der Waals surface area (Å²) in [6, 6.07) is 3.65. The number of hydrogen-bond donors (Lipinski definition) is 0. The predicted molar refractivity (Wildman–Crippen MR) is 101 cm³/mol. The van der Waals surface area contributed by atoms with Crippen LogP contribution in [0.25, 0.3) is 0 Å². The highest BCUT2D eigenvalue weighted by molar-refractivity contribution is 5.51. The maximum Gasteiger partial charge on any atom is 0.141 e. The van der Waals surface area contributed by atoms with Gasteiger partial charge in [0.1, 0.15) is 23.3 Å². The zero-order valence-corrected chi connectivity index (χ0v) is 15.6. The molecule has 0 spiro atoms. The molecule has 27 heavy (non-hydrogen) atoms. The molecule has 0 saturated carbocycles. The van der Waals surface area contributed by atoms with Gasteiger partial charge in [-0.05, 0) is 18.6 Å². The highest BCUT2D eigenvalue weighted by atomic mass is 19.1. The Labute approximate surface area is 158 Å². The van der Waals surface area contributed by atoms with Crippen LogP contribution in [0, 0.1) is 12.7 Å². The third kappa shape index (κ3) is 4.51. The lowest BCUT2D eigenvalue weighted by Crippen LogP contribution is -2.46. The van der Waals surface area contributed by atoms with Crippen LogP contribution in [0.5, 0.6) is 0 Å². The molecule has 0 amide bonds. The Morgan fingerprint density at radius 2 is 1.59 bits per heavy atom. The highest BCUT2D eigenvalue weighted by Crippen LogP contribution is 2.21. The molecular formula is C19H25FN6O. The minimum Gasteiger partial charge on any atom is -0.378 e. The molecule has 0 unspecified atom stereocenters. The van der Waals surface area contributed by atoms with Gasteiger partial charge in [-0.15, -0.1) is 0 Å². The second-order valence-electron chi connectivity index (χ2n) is 7.01. The first-order chi connectivity index (χ1) is 13.2. The predicted octanol–water partition coefficient (Wildman–Crippen LogP) is 1.48. The van der Waals surface area contributed by atoms with Crippen molar-refractivity contribution in [1.82, 2.24) is 19.9 Å². The Hall–Kier alpha value is -2.32. The van der Waals surface area contributed by atoms with Gasteiger partial charge in [0.15, 0.2) is 0 Å². The van der Waals surface area contributed by atoms with E-state index >= 15 is 0 Å². The van der Waals surface area contributed by atoms with Crippen LogP contribution in [-0.4, -0.2) is 72.3 Å². The summed E-state index contributed by atoms with van der Waals surface area (Å²) in [6.45, 7) is 9.48. The summed E-state index contributed by atoms with van der Waals surface area (Å²) in [7, 11) is 0. The molecule has 0 aliphatic carbocycles. The monoisotopic (exact) mass is 372 g/mol. The Bertz CT molecular complexity index is 775. The van der Waals surface area contributed by atoms with Crippen LogP contribution in [0.1, 0.15) is 11.4 Å². The van der Waals surface area contributed by atoms with Crippen molar-refractivity contribution in [3.05, 3.63) is 41.7 Å². The van der Waals surface area contributed by atoms with E-state index in [0.717, 1.165) is 82.1 Å². The fourth-order valence-corrected chi connectivity index (χ4v) is 3.59. The molecule has 4 rings (SSSR count). The summed E-state index contributed by atoms with van der Waals surface area (Å²) in [4.78, 5) is 20.1. The van der Waals surface area contributed by atoms with E-state index in [1.165, 1.54) is 6.20 Å². The number of nitrogens with zero attached hydrogens (tertiary/aromatic N) is 6. The molecule has 2 saturated heterocycles. The maximum absolute atomic E-state index is 13.3. The Morgan fingerprint density at radius 3 is 2.26 bits per heavy atom. The van der Waals surface area contributed by atoms with Gasteiger partial charge in [-0.1, -0.05) is 0 Å². The molecule has 0 aromatic carbocycles. The summed E-state index contributed by atoms with van der Waals surface area (Å²) in [6.07, 6.45) is 2.97. The van der Waals surface area contributed by atoms with Gasteiger partial charge in [-0.2, -0.15) is 0 Å². The molecule has 0 radical (unpaired) electrons. The molecule has 2 aliphatic heterocycles. The van der Waals surface area contributed by atoms with E-state index in [9.17, 15) is 4.39 Å². The van der Waals surface area contributed by atoms with Crippen LogP contribution in [0.15, 0.2) is 24.5 Å².